The van der Waals surface area contributed by atoms with Crippen molar-refractivity contribution in [3.8, 4) is 0 Å². The number of aromatic nitrogens is 2. The van der Waals surface area contributed by atoms with E-state index >= 15 is 0 Å². The fourth-order valence-electron chi connectivity index (χ4n) is 2.46. The van der Waals surface area contributed by atoms with E-state index < -0.39 is 0 Å². The topological polar surface area (TPSA) is 29.9 Å². The molecule has 0 bridgehead atoms. The smallest absolute Gasteiger partial charge is 0.0676 e. The van der Waals surface area contributed by atoms with Crippen molar-refractivity contribution in [1.82, 2.24) is 15.1 Å². The van der Waals surface area contributed by atoms with Crippen LogP contribution in [0.1, 0.15) is 37.6 Å². The third-order valence-electron chi connectivity index (χ3n) is 4.02. The average Bonchev–Trinajstić information content (AvgIpc) is 2.73. The highest BCUT2D eigenvalue weighted by Gasteiger charge is 2.39. The van der Waals surface area contributed by atoms with E-state index in [1.54, 1.807) is 0 Å². The van der Waals surface area contributed by atoms with Crippen molar-refractivity contribution in [2.75, 3.05) is 13.1 Å². The Labute approximate surface area is 91.9 Å². The second kappa shape index (κ2) is 3.63. The van der Waals surface area contributed by atoms with Crippen LogP contribution in [0.5, 0.6) is 0 Å². The second-order valence-electron chi connectivity index (χ2n) is 5.03. The molecular weight excluding hydrogens is 186 g/mol. The summed E-state index contributed by atoms with van der Waals surface area (Å²) in [6.07, 6.45) is 1.21. The molecule has 0 aromatic carbocycles. The standard InChI is InChI=1S/C12H21N3/c1-5-12(3)8-13-7-10(12)11-6-9(2)15(4)14-11/h6,10,13H,5,7-8H2,1-4H3/t10-,12-/m0/s1. The highest BCUT2D eigenvalue weighted by Crippen LogP contribution is 2.40. The Hall–Kier alpha value is -0.830. The summed E-state index contributed by atoms with van der Waals surface area (Å²) in [5, 5.41) is 8.10. The van der Waals surface area contributed by atoms with E-state index in [1.807, 2.05) is 11.7 Å². The maximum absolute atomic E-state index is 4.61. The van der Waals surface area contributed by atoms with E-state index in [4.69, 9.17) is 0 Å². The molecule has 0 amide bonds. The van der Waals surface area contributed by atoms with Crippen molar-refractivity contribution in [3.05, 3.63) is 17.5 Å². The first-order chi connectivity index (χ1) is 7.07. The van der Waals surface area contributed by atoms with Crippen LogP contribution < -0.4 is 5.32 Å². The summed E-state index contributed by atoms with van der Waals surface area (Å²) in [5.41, 5.74) is 2.88. The van der Waals surface area contributed by atoms with Crippen molar-refractivity contribution in [2.45, 2.75) is 33.1 Å². The summed E-state index contributed by atoms with van der Waals surface area (Å²) in [6, 6.07) is 2.23. The Kier molecular flexibility index (Phi) is 2.59. The molecule has 1 aromatic rings. The number of hydrogen-bond donors (Lipinski definition) is 1. The minimum Gasteiger partial charge on any atom is -0.315 e. The van der Waals surface area contributed by atoms with Gasteiger partial charge in [-0.2, -0.15) is 5.10 Å². The van der Waals surface area contributed by atoms with Gasteiger partial charge in [-0.3, -0.25) is 4.68 Å². The third kappa shape index (κ3) is 1.69. The van der Waals surface area contributed by atoms with E-state index in [0.717, 1.165) is 13.1 Å². The molecule has 1 aromatic heterocycles. The summed E-state index contributed by atoms with van der Waals surface area (Å²) in [7, 11) is 2.02. The fourth-order valence-corrected chi connectivity index (χ4v) is 2.46. The van der Waals surface area contributed by atoms with Gasteiger partial charge in [0.25, 0.3) is 0 Å². The predicted molar refractivity (Wildman–Crippen MR) is 62.0 cm³/mol. The molecule has 0 radical (unpaired) electrons. The number of rotatable bonds is 2. The summed E-state index contributed by atoms with van der Waals surface area (Å²) in [5.74, 6) is 0.572. The molecule has 3 nitrogen and oxygen atoms in total. The zero-order chi connectivity index (χ0) is 11.1. The molecule has 0 unspecified atom stereocenters. The maximum Gasteiger partial charge on any atom is 0.0676 e. The van der Waals surface area contributed by atoms with Gasteiger partial charge in [0.2, 0.25) is 0 Å². The van der Waals surface area contributed by atoms with Crippen LogP contribution in [0.25, 0.3) is 0 Å². The number of nitrogens with one attached hydrogen (secondary N) is 1. The van der Waals surface area contributed by atoms with Crippen LogP contribution in [0.15, 0.2) is 6.07 Å². The molecule has 1 saturated heterocycles. The van der Waals surface area contributed by atoms with E-state index in [-0.39, 0.29) is 0 Å². The van der Waals surface area contributed by atoms with Crippen LogP contribution in [0.4, 0.5) is 0 Å². The van der Waals surface area contributed by atoms with Crippen LogP contribution in [0, 0.1) is 12.3 Å². The third-order valence-corrected chi connectivity index (χ3v) is 4.02. The molecule has 0 saturated carbocycles. The lowest BCUT2D eigenvalue weighted by atomic mass is 9.76. The van der Waals surface area contributed by atoms with E-state index in [2.05, 4.69) is 37.3 Å². The molecule has 1 N–H and O–H groups in total. The molecule has 1 aliphatic rings. The Balaban J connectivity index is 2.30. The van der Waals surface area contributed by atoms with Gasteiger partial charge >= 0.3 is 0 Å². The predicted octanol–water partition coefficient (Wildman–Crippen LogP) is 1.83. The average molecular weight is 207 g/mol. The molecular formula is C12H21N3. The number of nitrogens with zero attached hydrogens (tertiary/aromatic N) is 2. The monoisotopic (exact) mass is 207 g/mol. The molecule has 2 atom stereocenters. The van der Waals surface area contributed by atoms with Crippen LogP contribution in [-0.2, 0) is 7.05 Å². The minimum atomic E-state index is 0.376. The van der Waals surface area contributed by atoms with Gasteiger partial charge in [0, 0.05) is 31.7 Å². The first kappa shape index (κ1) is 10.7. The van der Waals surface area contributed by atoms with Gasteiger partial charge in [-0.25, -0.2) is 0 Å². The minimum absolute atomic E-state index is 0.376. The van der Waals surface area contributed by atoms with Crippen molar-refractivity contribution < 1.29 is 0 Å². The Morgan fingerprint density at radius 3 is 2.93 bits per heavy atom. The highest BCUT2D eigenvalue weighted by molar-refractivity contribution is 5.19. The van der Waals surface area contributed by atoms with Gasteiger partial charge < -0.3 is 5.32 Å². The van der Waals surface area contributed by atoms with Gasteiger partial charge in [0.15, 0.2) is 0 Å². The van der Waals surface area contributed by atoms with E-state index in [9.17, 15) is 0 Å². The van der Waals surface area contributed by atoms with Crippen molar-refractivity contribution >= 4 is 0 Å². The molecule has 0 aliphatic carbocycles. The van der Waals surface area contributed by atoms with Crippen molar-refractivity contribution in [3.63, 3.8) is 0 Å². The largest absolute Gasteiger partial charge is 0.315 e. The first-order valence-corrected chi connectivity index (χ1v) is 5.78. The Bertz CT molecular complexity index is 336. The van der Waals surface area contributed by atoms with E-state index in [0.29, 0.717) is 11.3 Å². The van der Waals surface area contributed by atoms with Crippen LogP contribution in [0.3, 0.4) is 0 Å². The molecule has 0 spiro atoms. The summed E-state index contributed by atoms with van der Waals surface area (Å²) in [6.45, 7) is 8.93. The lowest BCUT2D eigenvalue weighted by Crippen LogP contribution is -2.24. The molecule has 2 rings (SSSR count). The molecule has 1 fully saturated rings. The van der Waals surface area contributed by atoms with Crippen LogP contribution in [-0.4, -0.2) is 22.9 Å². The summed E-state index contributed by atoms with van der Waals surface area (Å²) < 4.78 is 1.98. The molecule has 3 heteroatoms. The van der Waals surface area contributed by atoms with Crippen molar-refractivity contribution in [1.29, 1.82) is 0 Å². The summed E-state index contributed by atoms with van der Waals surface area (Å²) >= 11 is 0. The van der Waals surface area contributed by atoms with Gasteiger partial charge in [0.05, 0.1) is 5.69 Å². The molecule has 2 heterocycles. The number of hydrogen-bond acceptors (Lipinski definition) is 2. The van der Waals surface area contributed by atoms with E-state index in [1.165, 1.54) is 17.8 Å². The quantitative estimate of drug-likeness (QED) is 0.802. The van der Waals surface area contributed by atoms with Gasteiger partial charge in [-0.05, 0) is 24.8 Å². The van der Waals surface area contributed by atoms with Crippen molar-refractivity contribution in [2.24, 2.45) is 12.5 Å². The zero-order valence-electron chi connectivity index (χ0n) is 10.2. The normalized spacial score (nSPS) is 31.1. The fraction of sp³-hybridized carbons (Fsp3) is 0.750. The van der Waals surface area contributed by atoms with Gasteiger partial charge in [-0.15, -0.1) is 0 Å². The SMILES string of the molecule is CC[C@@]1(C)CNC[C@H]1c1cc(C)n(C)n1. The van der Waals surface area contributed by atoms with Gasteiger partial charge in [0.1, 0.15) is 0 Å². The maximum atomic E-state index is 4.61. The van der Waals surface area contributed by atoms with Crippen LogP contribution >= 0.6 is 0 Å². The Morgan fingerprint density at radius 1 is 1.67 bits per heavy atom. The van der Waals surface area contributed by atoms with Gasteiger partial charge in [-0.1, -0.05) is 13.8 Å². The van der Waals surface area contributed by atoms with Crippen LogP contribution in [0.2, 0.25) is 0 Å². The summed E-state index contributed by atoms with van der Waals surface area (Å²) in [4.78, 5) is 0. The number of aryl methyl sites for hydroxylation is 2. The zero-order valence-corrected chi connectivity index (χ0v) is 10.2. The lowest BCUT2D eigenvalue weighted by Gasteiger charge is -2.27. The molecule has 1 aliphatic heterocycles. The lowest BCUT2D eigenvalue weighted by molar-refractivity contribution is 0.303. The highest BCUT2D eigenvalue weighted by atomic mass is 15.3. The molecule has 15 heavy (non-hydrogen) atoms. The molecule has 84 valence electrons. The Morgan fingerprint density at radius 2 is 2.40 bits per heavy atom. The second-order valence-corrected chi connectivity index (χ2v) is 5.03. The first-order valence-electron chi connectivity index (χ1n) is 5.78.